The summed E-state index contributed by atoms with van der Waals surface area (Å²) >= 11 is 1.53. The SMILES string of the molecule is C[C@H](Cn1cccn1)NC(=O)c1cnc2n(c1=O)CCS2. The quantitative estimate of drug-likeness (QED) is 0.825. The predicted molar refractivity (Wildman–Crippen MR) is 78.4 cm³/mol. The number of carbonyl (C=O) groups is 1. The summed E-state index contributed by atoms with van der Waals surface area (Å²) in [5.41, 5.74) is -0.178. The Morgan fingerprint density at radius 1 is 1.57 bits per heavy atom. The number of carbonyl (C=O) groups excluding carboxylic acids is 1. The molecule has 1 N–H and O–H groups in total. The fourth-order valence-electron chi connectivity index (χ4n) is 2.21. The molecule has 21 heavy (non-hydrogen) atoms. The van der Waals surface area contributed by atoms with Crippen LogP contribution in [0.4, 0.5) is 0 Å². The molecule has 0 radical (unpaired) electrons. The molecule has 0 bridgehead atoms. The average Bonchev–Trinajstić information content (AvgIpc) is 3.09. The molecule has 1 amide bonds. The topological polar surface area (TPSA) is 81.8 Å². The molecule has 2 aromatic heterocycles. The van der Waals surface area contributed by atoms with Crippen LogP contribution in [0.5, 0.6) is 0 Å². The van der Waals surface area contributed by atoms with E-state index in [9.17, 15) is 9.59 Å². The van der Waals surface area contributed by atoms with Crippen molar-refractivity contribution < 1.29 is 4.79 Å². The molecule has 0 fully saturated rings. The van der Waals surface area contributed by atoms with Gasteiger partial charge in [-0.1, -0.05) is 11.8 Å². The molecule has 2 aromatic rings. The van der Waals surface area contributed by atoms with Crippen LogP contribution >= 0.6 is 11.8 Å². The second-order valence-electron chi connectivity index (χ2n) is 4.86. The third kappa shape index (κ3) is 2.85. The largest absolute Gasteiger partial charge is 0.347 e. The first kappa shape index (κ1) is 13.9. The molecular weight excluding hydrogens is 290 g/mol. The Labute approximate surface area is 125 Å². The number of hydrogen-bond donors (Lipinski definition) is 1. The first-order chi connectivity index (χ1) is 10.1. The Kier molecular flexibility index (Phi) is 3.78. The number of amides is 1. The fourth-order valence-corrected chi connectivity index (χ4v) is 3.12. The van der Waals surface area contributed by atoms with Crippen LogP contribution in [0.1, 0.15) is 17.3 Å². The highest BCUT2D eigenvalue weighted by molar-refractivity contribution is 7.99. The molecule has 0 spiro atoms. The molecule has 3 heterocycles. The van der Waals surface area contributed by atoms with E-state index in [1.165, 1.54) is 18.0 Å². The third-order valence-electron chi connectivity index (χ3n) is 3.20. The zero-order valence-electron chi connectivity index (χ0n) is 11.5. The van der Waals surface area contributed by atoms with Gasteiger partial charge in [-0.3, -0.25) is 18.8 Å². The summed E-state index contributed by atoms with van der Waals surface area (Å²) < 4.78 is 3.28. The van der Waals surface area contributed by atoms with E-state index < -0.39 is 0 Å². The number of nitrogens with one attached hydrogen (secondary N) is 1. The minimum absolute atomic E-state index is 0.0913. The lowest BCUT2D eigenvalue weighted by molar-refractivity contribution is 0.0933. The van der Waals surface area contributed by atoms with Crippen molar-refractivity contribution in [1.82, 2.24) is 24.6 Å². The summed E-state index contributed by atoms with van der Waals surface area (Å²) in [5, 5.41) is 7.57. The van der Waals surface area contributed by atoms with Crippen LogP contribution in [-0.2, 0) is 13.1 Å². The Balaban J connectivity index is 1.72. The summed E-state index contributed by atoms with van der Waals surface area (Å²) in [7, 11) is 0. The fraction of sp³-hybridized carbons (Fsp3) is 0.385. The van der Waals surface area contributed by atoms with Gasteiger partial charge in [0, 0.05) is 36.9 Å². The van der Waals surface area contributed by atoms with E-state index in [1.54, 1.807) is 15.4 Å². The Morgan fingerprint density at radius 3 is 3.19 bits per heavy atom. The average molecular weight is 305 g/mol. The van der Waals surface area contributed by atoms with Gasteiger partial charge in [0.25, 0.3) is 11.5 Å². The zero-order valence-corrected chi connectivity index (χ0v) is 12.3. The van der Waals surface area contributed by atoms with E-state index in [-0.39, 0.29) is 23.1 Å². The lowest BCUT2D eigenvalue weighted by Crippen LogP contribution is -2.39. The van der Waals surface area contributed by atoms with Gasteiger partial charge in [0.2, 0.25) is 0 Å². The molecule has 0 saturated carbocycles. The molecule has 1 atom stereocenters. The van der Waals surface area contributed by atoms with Crippen LogP contribution in [0.2, 0.25) is 0 Å². The van der Waals surface area contributed by atoms with Crippen molar-refractivity contribution in [2.24, 2.45) is 0 Å². The van der Waals surface area contributed by atoms with Gasteiger partial charge in [0.05, 0.1) is 6.54 Å². The minimum Gasteiger partial charge on any atom is -0.347 e. The van der Waals surface area contributed by atoms with E-state index in [2.05, 4.69) is 15.4 Å². The van der Waals surface area contributed by atoms with E-state index >= 15 is 0 Å². The summed E-state index contributed by atoms with van der Waals surface area (Å²) in [6.07, 6.45) is 4.87. The Bertz CT molecular complexity index is 710. The van der Waals surface area contributed by atoms with E-state index in [0.717, 1.165) is 5.75 Å². The van der Waals surface area contributed by atoms with Crippen LogP contribution < -0.4 is 10.9 Å². The van der Waals surface area contributed by atoms with E-state index in [4.69, 9.17) is 0 Å². The monoisotopic (exact) mass is 305 g/mol. The lowest BCUT2D eigenvalue weighted by Gasteiger charge is -2.14. The van der Waals surface area contributed by atoms with Crippen molar-refractivity contribution in [2.75, 3.05) is 5.75 Å². The Hall–Kier alpha value is -2.09. The number of aromatic nitrogens is 4. The van der Waals surface area contributed by atoms with Crippen molar-refractivity contribution in [1.29, 1.82) is 0 Å². The Morgan fingerprint density at radius 2 is 2.43 bits per heavy atom. The van der Waals surface area contributed by atoms with Crippen molar-refractivity contribution in [3.8, 4) is 0 Å². The predicted octanol–water partition coefficient (Wildman–Crippen LogP) is 0.364. The molecule has 1 aliphatic rings. The first-order valence-corrected chi connectivity index (χ1v) is 7.64. The molecule has 8 heteroatoms. The summed E-state index contributed by atoms with van der Waals surface area (Å²) in [6, 6.07) is 1.69. The van der Waals surface area contributed by atoms with Crippen molar-refractivity contribution >= 4 is 17.7 Å². The molecule has 110 valence electrons. The zero-order chi connectivity index (χ0) is 14.8. The van der Waals surface area contributed by atoms with Gasteiger partial charge >= 0.3 is 0 Å². The van der Waals surface area contributed by atoms with Crippen molar-refractivity contribution in [2.45, 2.75) is 31.2 Å². The molecular formula is C13H15N5O2S. The van der Waals surface area contributed by atoms with Crippen LogP contribution in [0, 0.1) is 0 Å². The van der Waals surface area contributed by atoms with Gasteiger partial charge in [0.15, 0.2) is 5.16 Å². The summed E-state index contributed by atoms with van der Waals surface area (Å²) in [6.45, 7) is 3.03. The van der Waals surface area contributed by atoms with Crippen molar-refractivity contribution in [3.63, 3.8) is 0 Å². The van der Waals surface area contributed by atoms with E-state index in [1.807, 2.05) is 19.2 Å². The van der Waals surface area contributed by atoms with Crippen LogP contribution in [0.3, 0.4) is 0 Å². The van der Waals surface area contributed by atoms with Gasteiger partial charge in [-0.25, -0.2) is 4.98 Å². The van der Waals surface area contributed by atoms with Gasteiger partial charge in [-0.15, -0.1) is 0 Å². The first-order valence-electron chi connectivity index (χ1n) is 6.66. The van der Waals surface area contributed by atoms with Gasteiger partial charge in [-0.05, 0) is 13.0 Å². The van der Waals surface area contributed by atoms with Crippen LogP contribution in [0.15, 0.2) is 34.6 Å². The molecule has 1 aliphatic heterocycles. The molecule has 0 aliphatic carbocycles. The van der Waals surface area contributed by atoms with E-state index in [0.29, 0.717) is 18.2 Å². The van der Waals surface area contributed by atoms with Crippen LogP contribution in [-0.4, -0.2) is 37.0 Å². The lowest BCUT2D eigenvalue weighted by atomic mass is 10.2. The van der Waals surface area contributed by atoms with Crippen molar-refractivity contribution in [3.05, 3.63) is 40.6 Å². The molecule has 0 saturated heterocycles. The molecule has 3 rings (SSSR count). The highest BCUT2D eigenvalue weighted by atomic mass is 32.2. The van der Waals surface area contributed by atoms with Crippen LogP contribution in [0.25, 0.3) is 0 Å². The number of rotatable bonds is 4. The maximum absolute atomic E-state index is 12.2. The molecule has 0 unspecified atom stereocenters. The normalized spacial score (nSPS) is 14.7. The number of fused-ring (bicyclic) bond motifs is 1. The minimum atomic E-state index is -0.389. The smallest absolute Gasteiger partial charge is 0.267 e. The highest BCUT2D eigenvalue weighted by Gasteiger charge is 2.20. The highest BCUT2D eigenvalue weighted by Crippen LogP contribution is 2.20. The summed E-state index contributed by atoms with van der Waals surface area (Å²) in [4.78, 5) is 28.6. The third-order valence-corrected chi connectivity index (χ3v) is 4.17. The summed E-state index contributed by atoms with van der Waals surface area (Å²) in [5.74, 6) is 0.433. The standard InChI is InChI=1S/C13H15N5O2S/c1-9(8-17-4-2-3-15-17)16-11(19)10-7-14-13-18(12(10)20)5-6-21-13/h2-4,7,9H,5-6,8H2,1H3,(H,16,19)/t9-/m1/s1. The maximum Gasteiger partial charge on any atom is 0.267 e. The number of nitrogens with zero attached hydrogens (tertiary/aromatic N) is 4. The second-order valence-corrected chi connectivity index (χ2v) is 5.92. The molecule has 0 aromatic carbocycles. The van der Waals surface area contributed by atoms with Gasteiger partial charge in [-0.2, -0.15) is 5.10 Å². The van der Waals surface area contributed by atoms with Gasteiger partial charge in [0.1, 0.15) is 5.56 Å². The maximum atomic E-state index is 12.2. The second kappa shape index (κ2) is 5.72. The molecule has 7 nitrogen and oxygen atoms in total. The van der Waals surface area contributed by atoms with Gasteiger partial charge < -0.3 is 5.32 Å². The number of hydrogen-bond acceptors (Lipinski definition) is 5. The number of thioether (sulfide) groups is 1.